The van der Waals surface area contributed by atoms with Crippen LogP contribution in [-0.2, 0) is 19.1 Å². The fourth-order valence-corrected chi connectivity index (χ4v) is 5.41. The molecule has 0 bridgehead atoms. The fraction of sp³-hybridized carbons (Fsp3) is 0.441. The number of hydrogen-bond donors (Lipinski definition) is 4. The summed E-state index contributed by atoms with van der Waals surface area (Å²) in [6.07, 6.45) is -1.65. The van der Waals surface area contributed by atoms with E-state index in [0.717, 1.165) is 0 Å². The van der Waals surface area contributed by atoms with Crippen LogP contribution in [0.15, 0.2) is 71.1 Å². The number of carboxylic acid groups (broad SMARTS) is 1. The number of amides is 1. The van der Waals surface area contributed by atoms with E-state index in [9.17, 15) is 34.7 Å². The topological polar surface area (TPSA) is 199 Å². The number of dihydropyridines is 1. The Bertz CT molecular complexity index is 1590. The Morgan fingerprint density at radius 3 is 2.35 bits per heavy atom. The quantitative estimate of drug-likeness (QED) is 0.107. The van der Waals surface area contributed by atoms with Crippen LogP contribution in [0.1, 0.15) is 46.1 Å². The molecule has 2 aromatic rings. The first-order chi connectivity index (χ1) is 23.2. The van der Waals surface area contributed by atoms with Crippen molar-refractivity contribution in [3.05, 3.63) is 86.7 Å². The number of benzene rings is 2. The third-order valence-electron chi connectivity index (χ3n) is 7.56. The SMILES string of the molecule is CCOC(=O)C1=C(CN(CC(C)(C)NCC(O)COc2ccccc2OC)C(=O)OCC)NC(C)=C(C(=O)O)C1c1cccc([N+](=O)[O-])c1. The second kappa shape index (κ2) is 17.3. The smallest absolute Gasteiger partial charge is 0.410 e. The number of aliphatic hydroxyl groups excluding tert-OH is 1. The number of methoxy groups -OCH3 is 1. The minimum atomic E-state index is -1.34. The monoisotopic (exact) mass is 684 g/mol. The Morgan fingerprint density at radius 1 is 1.06 bits per heavy atom. The molecule has 1 aliphatic rings. The highest BCUT2D eigenvalue weighted by Crippen LogP contribution is 2.40. The molecule has 1 aliphatic heterocycles. The number of carbonyl (C=O) groups is 3. The maximum Gasteiger partial charge on any atom is 0.410 e. The lowest BCUT2D eigenvalue weighted by molar-refractivity contribution is -0.384. The number of nitro benzene ring substituents is 1. The summed E-state index contributed by atoms with van der Waals surface area (Å²) in [6, 6.07) is 12.4. The minimum absolute atomic E-state index is 0.0171. The van der Waals surface area contributed by atoms with E-state index in [-0.39, 0.29) is 73.2 Å². The molecule has 2 atom stereocenters. The number of nitrogens with one attached hydrogen (secondary N) is 2. The summed E-state index contributed by atoms with van der Waals surface area (Å²) in [5.41, 5.74) is -0.927. The molecule has 1 amide bonds. The molecule has 2 aromatic carbocycles. The van der Waals surface area contributed by atoms with Crippen molar-refractivity contribution in [2.75, 3.05) is 46.6 Å². The number of nitrogens with zero attached hydrogens (tertiary/aromatic N) is 2. The van der Waals surface area contributed by atoms with Gasteiger partial charge in [0.25, 0.3) is 5.69 Å². The summed E-state index contributed by atoms with van der Waals surface area (Å²) >= 11 is 0. The molecule has 3 rings (SSSR count). The second-order valence-corrected chi connectivity index (χ2v) is 11.8. The van der Waals surface area contributed by atoms with Crippen molar-refractivity contribution in [2.24, 2.45) is 0 Å². The average molecular weight is 685 g/mol. The lowest BCUT2D eigenvalue weighted by Crippen LogP contribution is -2.54. The summed E-state index contributed by atoms with van der Waals surface area (Å²) in [4.78, 5) is 51.8. The molecule has 0 saturated carbocycles. The molecule has 0 aliphatic carbocycles. The van der Waals surface area contributed by atoms with E-state index < -0.39 is 40.5 Å². The number of esters is 1. The standard InChI is InChI=1S/C34H44N4O11/c1-7-47-32(42)30-25(36-21(3)28(31(40)41)29(30)22-12-11-13-23(16-22)38(44)45)18-37(33(43)48-8-2)20-34(4,5)35-17-24(39)19-49-27-15-10-9-14-26(27)46-6/h9-16,24,29,35-36,39H,7-8,17-20H2,1-6H3,(H,40,41). The van der Waals surface area contributed by atoms with Crippen LogP contribution >= 0.6 is 0 Å². The van der Waals surface area contributed by atoms with Crippen molar-refractivity contribution in [2.45, 2.75) is 52.2 Å². The van der Waals surface area contributed by atoms with Gasteiger partial charge in [-0.2, -0.15) is 0 Å². The molecular weight excluding hydrogens is 640 g/mol. The number of para-hydroxylation sites is 2. The Kier molecular flexibility index (Phi) is 13.5. The molecule has 0 radical (unpaired) electrons. The molecule has 2 unspecified atom stereocenters. The predicted molar refractivity (Wildman–Crippen MR) is 178 cm³/mol. The molecule has 15 nitrogen and oxygen atoms in total. The van der Waals surface area contributed by atoms with Gasteiger partial charge in [0.1, 0.15) is 12.7 Å². The summed E-state index contributed by atoms with van der Waals surface area (Å²) in [5, 5.41) is 38.7. The molecule has 0 spiro atoms. The third-order valence-corrected chi connectivity index (χ3v) is 7.56. The van der Waals surface area contributed by atoms with Gasteiger partial charge in [0.05, 0.1) is 48.9 Å². The molecule has 4 N–H and O–H groups in total. The largest absolute Gasteiger partial charge is 0.493 e. The Balaban J connectivity index is 1.94. The highest BCUT2D eigenvalue weighted by molar-refractivity contribution is 5.99. The van der Waals surface area contributed by atoms with E-state index in [4.69, 9.17) is 18.9 Å². The Morgan fingerprint density at radius 2 is 1.73 bits per heavy atom. The van der Waals surface area contributed by atoms with Gasteiger partial charge < -0.3 is 44.7 Å². The van der Waals surface area contributed by atoms with Gasteiger partial charge in [-0.3, -0.25) is 10.1 Å². The first kappa shape index (κ1) is 38.3. The van der Waals surface area contributed by atoms with Gasteiger partial charge in [0.15, 0.2) is 11.5 Å². The highest BCUT2D eigenvalue weighted by atomic mass is 16.6. The van der Waals surface area contributed by atoms with Crippen LogP contribution in [0.4, 0.5) is 10.5 Å². The number of aliphatic hydroxyl groups is 1. The van der Waals surface area contributed by atoms with Gasteiger partial charge in [0.2, 0.25) is 0 Å². The number of hydrogen-bond acceptors (Lipinski definition) is 12. The number of non-ortho nitro benzene ring substituents is 1. The second-order valence-electron chi connectivity index (χ2n) is 11.8. The zero-order valence-electron chi connectivity index (χ0n) is 28.5. The first-order valence-corrected chi connectivity index (χ1v) is 15.7. The number of nitro groups is 1. The van der Waals surface area contributed by atoms with Gasteiger partial charge in [-0.05, 0) is 52.3 Å². The molecule has 15 heteroatoms. The van der Waals surface area contributed by atoms with Crippen LogP contribution in [0.3, 0.4) is 0 Å². The highest BCUT2D eigenvalue weighted by Gasteiger charge is 2.40. The van der Waals surface area contributed by atoms with Crippen LogP contribution < -0.4 is 20.1 Å². The first-order valence-electron chi connectivity index (χ1n) is 15.7. The molecule has 0 aromatic heterocycles. The Labute approximate surface area is 284 Å². The van der Waals surface area contributed by atoms with Gasteiger partial charge in [-0.25, -0.2) is 14.4 Å². The summed E-state index contributed by atoms with van der Waals surface area (Å²) in [6.45, 7) is 8.19. The number of carboxylic acids is 1. The number of carbonyl (C=O) groups excluding carboxylic acids is 2. The summed E-state index contributed by atoms with van der Waals surface area (Å²) in [7, 11) is 1.52. The lowest BCUT2D eigenvalue weighted by Gasteiger charge is -2.36. The van der Waals surface area contributed by atoms with E-state index in [1.54, 1.807) is 38.1 Å². The van der Waals surface area contributed by atoms with Crippen molar-refractivity contribution < 1.29 is 48.5 Å². The van der Waals surface area contributed by atoms with Crippen molar-refractivity contribution in [1.29, 1.82) is 0 Å². The molecule has 49 heavy (non-hydrogen) atoms. The molecule has 0 fully saturated rings. The third kappa shape index (κ3) is 10.2. The molecule has 266 valence electrons. The Hall–Kier alpha value is -5.15. The van der Waals surface area contributed by atoms with Gasteiger partial charge in [0, 0.05) is 42.2 Å². The van der Waals surface area contributed by atoms with Crippen LogP contribution in [0, 0.1) is 10.1 Å². The number of aliphatic carboxylic acids is 1. The zero-order chi connectivity index (χ0) is 36.3. The van der Waals surface area contributed by atoms with E-state index in [0.29, 0.717) is 11.5 Å². The molecular formula is C34H44N4O11. The van der Waals surface area contributed by atoms with Crippen molar-refractivity contribution in [3.63, 3.8) is 0 Å². The summed E-state index contributed by atoms with van der Waals surface area (Å²) < 4.78 is 21.7. The van der Waals surface area contributed by atoms with Crippen molar-refractivity contribution in [3.8, 4) is 11.5 Å². The van der Waals surface area contributed by atoms with Crippen molar-refractivity contribution >= 4 is 23.7 Å². The van der Waals surface area contributed by atoms with E-state index >= 15 is 0 Å². The van der Waals surface area contributed by atoms with Crippen LogP contribution in [-0.4, -0.2) is 96.3 Å². The van der Waals surface area contributed by atoms with E-state index in [2.05, 4.69) is 10.6 Å². The van der Waals surface area contributed by atoms with Crippen LogP contribution in [0.2, 0.25) is 0 Å². The van der Waals surface area contributed by atoms with Gasteiger partial charge in [-0.15, -0.1) is 0 Å². The summed E-state index contributed by atoms with van der Waals surface area (Å²) in [5.74, 6) is -2.47. The van der Waals surface area contributed by atoms with Crippen LogP contribution in [0.5, 0.6) is 11.5 Å². The maximum atomic E-state index is 13.6. The molecule has 1 heterocycles. The zero-order valence-corrected chi connectivity index (χ0v) is 28.5. The van der Waals surface area contributed by atoms with E-state index in [1.807, 2.05) is 13.8 Å². The molecule has 0 saturated heterocycles. The van der Waals surface area contributed by atoms with Gasteiger partial charge in [-0.1, -0.05) is 24.3 Å². The van der Waals surface area contributed by atoms with Gasteiger partial charge >= 0.3 is 18.0 Å². The number of allylic oxidation sites excluding steroid dienone is 1. The van der Waals surface area contributed by atoms with Crippen LogP contribution in [0.25, 0.3) is 0 Å². The lowest BCUT2D eigenvalue weighted by atomic mass is 9.80. The number of ether oxygens (including phenoxy) is 4. The fourth-order valence-electron chi connectivity index (χ4n) is 5.41. The normalized spacial score (nSPS) is 15.2. The predicted octanol–water partition coefficient (Wildman–Crippen LogP) is 3.73. The maximum absolute atomic E-state index is 13.6. The number of rotatable bonds is 17. The minimum Gasteiger partial charge on any atom is -0.493 e. The average Bonchev–Trinajstić information content (AvgIpc) is 3.05. The van der Waals surface area contributed by atoms with Crippen molar-refractivity contribution in [1.82, 2.24) is 15.5 Å². The number of β-amino-alcohol motifs (C(OH)–C–C–N with tert-alkyl or cyclic N) is 1. The van der Waals surface area contributed by atoms with E-state index in [1.165, 1.54) is 43.2 Å².